The second-order valence-electron chi connectivity index (χ2n) is 2.10. The molecule has 6 heteroatoms. The number of hydrogen-bond donors (Lipinski definition) is 0. The Hall–Kier alpha value is -1.33. The molecule has 1 nitrogen and oxygen atoms in total. The molecule has 0 bridgehead atoms. The number of alkyl halides is 3. The molecule has 0 unspecified atom stereocenters. The average Bonchev–Trinajstić information content (AvgIpc) is 1.96. The molecule has 0 N–H and O–H groups in total. The zero-order valence-corrected chi connectivity index (χ0v) is 6.03. The summed E-state index contributed by atoms with van der Waals surface area (Å²) in [4.78, 5) is 0. The van der Waals surface area contributed by atoms with Crippen molar-refractivity contribution in [2.45, 2.75) is 6.36 Å². The van der Waals surface area contributed by atoms with E-state index in [0.717, 1.165) is 6.07 Å². The lowest BCUT2D eigenvalue weighted by molar-refractivity contribution is -0.275. The van der Waals surface area contributed by atoms with Crippen molar-refractivity contribution in [2.75, 3.05) is 0 Å². The van der Waals surface area contributed by atoms with Gasteiger partial charge in [0.1, 0.15) is 0 Å². The average molecular weight is 198 g/mol. The van der Waals surface area contributed by atoms with E-state index in [-0.39, 0.29) is 0 Å². The smallest absolute Gasteiger partial charge is 0.403 e. The molecule has 1 rings (SSSR count). The molecule has 1 aromatic rings. The fraction of sp³-hybridized carbons (Fsp3) is 0.143. The third-order valence-corrected chi connectivity index (χ3v) is 1.14. The fourth-order valence-corrected chi connectivity index (χ4v) is 0.688. The SMILES string of the molecule is Fc1cccc(OC(F)(F)F)c1F. The third kappa shape index (κ3) is 2.57. The van der Waals surface area contributed by atoms with Gasteiger partial charge in [0.2, 0.25) is 5.82 Å². The number of benzene rings is 1. The van der Waals surface area contributed by atoms with Gasteiger partial charge in [0.05, 0.1) is 0 Å². The number of hydrogen-bond acceptors (Lipinski definition) is 1. The van der Waals surface area contributed by atoms with Gasteiger partial charge in [0.15, 0.2) is 11.6 Å². The molecule has 0 radical (unpaired) electrons. The molecule has 13 heavy (non-hydrogen) atoms. The molecular weight excluding hydrogens is 195 g/mol. The van der Waals surface area contributed by atoms with Crippen LogP contribution < -0.4 is 4.74 Å². The van der Waals surface area contributed by atoms with Crippen molar-refractivity contribution in [2.24, 2.45) is 0 Å². The van der Waals surface area contributed by atoms with Crippen LogP contribution in [-0.4, -0.2) is 6.36 Å². The van der Waals surface area contributed by atoms with Gasteiger partial charge in [0.25, 0.3) is 0 Å². The molecule has 0 fully saturated rings. The predicted molar refractivity (Wildman–Crippen MR) is 33.0 cm³/mol. The third-order valence-electron chi connectivity index (χ3n) is 1.14. The lowest BCUT2D eigenvalue weighted by atomic mass is 10.3. The standard InChI is InChI=1S/C7H3F5O/c8-4-2-1-3-5(6(4)9)13-7(10,11)12/h1-3H. The molecule has 0 saturated heterocycles. The first kappa shape index (κ1) is 9.76. The van der Waals surface area contributed by atoms with Crippen LogP contribution in [0.1, 0.15) is 0 Å². The number of halogens is 5. The summed E-state index contributed by atoms with van der Waals surface area (Å²) in [5.74, 6) is -4.21. The van der Waals surface area contributed by atoms with Crippen LogP contribution in [0.2, 0.25) is 0 Å². The predicted octanol–water partition coefficient (Wildman–Crippen LogP) is 2.86. The van der Waals surface area contributed by atoms with E-state index in [1.807, 2.05) is 0 Å². The van der Waals surface area contributed by atoms with Crippen molar-refractivity contribution >= 4 is 0 Å². The van der Waals surface area contributed by atoms with Gasteiger partial charge in [-0.25, -0.2) is 4.39 Å². The fourth-order valence-electron chi connectivity index (χ4n) is 0.688. The minimum Gasteiger partial charge on any atom is -0.403 e. The molecule has 0 atom stereocenters. The topological polar surface area (TPSA) is 9.23 Å². The highest BCUT2D eigenvalue weighted by atomic mass is 19.4. The first-order valence-electron chi connectivity index (χ1n) is 3.10. The summed E-state index contributed by atoms with van der Waals surface area (Å²) < 4.78 is 62.7. The normalized spacial score (nSPS) is 11.5. The molecule has 0 aromatic heterocycles. The molecule has 72 valence electrons. The van der Waals surface area contributed by atoms with Crippen LogP contribution in [0.25, 0.3) is 0 Å². The molecular formula is C7H3F5O. The molecule has 0 heterocycles. The zero-order chi connectivity index (χ0) is 10.1. The van der Waals surface area contributed by atoms with Gasteiger partial charge in [-0.1, -0.05) is 6.07 Å². The monoisotopic (exact) mass is 198 g/mol. The first-order chi connectivity index (χ1) is 5.90. The summed E-state index contributed by atoms with van der Waals surface area (Å²) in [5.41, 5.74) is 0. The maximum atomic E-state index is 12.5. The van der Waals surface area contributed by atoms with E-state index < -0.39 is 23.7 Å². The van der Waals surface area contributed by atoms with Crippen molar-refractivity contribution in [3.8, 4) is 5.75 Å². The van der Waals surface area contributed by atoms with Gasteiger partial charge >= 0.3 is 6.36 Å². The Morgan fingerprint density at radius 2 is 1.69 bits per heavy atom. The minimum absolute atomic E-state index is 0.686. The maximum Gasteiger partial charge on any atom is 0.573 e. The summed E-state index contributed by atoms with van der Waals surface area (Å²) in [6.45, 7) is 0. The molecule has 0 aliphatic carbocycles. The molecule has 0 aliphatic heterocycles. The quantitative estimate of drug-likeness (QED) is 0.630. The highest BCUT2D eigenvalue weighted by Gasteiger charge is 2.32. The summed E-state index contributed by atoms with van der Waals surface area (Å²) in [6, 6.07) is 2.30. The lowest BCUT2D eigenvalue weighted by Crippen LogP contribution is -2.18. The van der Waals surface area contributed by atoms with E-state index in [9.17, 15) is 22.0 Å². The second-order valence-corrected chi connectivity index (χ2v) is 2.10. The van der Waals surface area contributed by atoms with Gasteiger partial charge in [-0.2, -0.15) is 4.39 Å². The van der Waals surface area contributed by atoms with Gasteiger partial charge in [0, 0.05) is 0 Å². The van der Waals surface area contributed by atoms with E-state index in [1.165, 1.54) is 0 Å². The maximum absolute atomic E-state index is 12.5. The highest BCUT2D eigenvalue weighted by Crippen LogP contribution is 2.26. The van der Waals surface area contributed by atoms with Crippen LogP contribution in [0.3, 0.4) is 0 Å². The van der Waals surface area contributed by atoms with Crippen molar-refractivity contribution in [1.82, 2.24) is 0 Å². The molecule has 0 spiro atoms. The Kier molecular flexibility index (Phi) is 2.40. The van der Waals surface area contributed by atoms with E-state index >= 15 is 0 Å². The van der Waals surface area contributed by atoms with Crippen LogP contribution in [0, 0.1) is 11.6 Å². The van der Waals surface area contributed by atoms with Gasteiger partial charge in [-0.05, 0) is 12.1 Å². The van der Waals surface area contributed by atoms with E-state index in [4.69, 9.17) is 0 Å². The number of rotatable bonds is 1. The van der Waals surface area contributed by atoms with Gasteiger partial charge < -0.3 is 4.74 Å². The largest absolute Gasteiger partial charge is 0.573 e. The second kappa shape index (κ2) is 3.20. The van der Waals surface area contributed by atoms with Crippen LogP contribution in [-0.2, 0) is 0 Å². The van der Waals surface area contributed by atoms with E-state index in [0.29, 0.717) is 12.1 Å². The summed E-state index contributed by atoms with van der Waals surface area (Å²) in [6.07, 6.45) is -5.02. The van der Waals surface area contributed by atoms with Crippen LogP contribution in [0.4, 0.5) is 22.0 Å². The lowest BCUT2D eigenvalue weighted by Gasteiger charge is -2.09. The first-order valence-corrected chi connectivity index (χ1v) is 3.10. The van der Waals surface area contributed by atoms with Crippen molar-refractivity contribution in [3.63, 3.8) is 0 Å². The Labute approximate surface area is 69.7 Å². The van der Waals surface area contributed by atoms with Crippen molar-refractivity contribution in [1.29, 1.82) is 0 Å². The van der Waals surface area contributed by atoms with Crippen LogP contribution >= 0.6 is 0 Å². The molecule has 0 amide bonds. The van der Waals surface area contributed by atoms with Gasteiger partial charge in [-0.15, -0.1) is 13.2 Å². The number of ether oxygens (including phenoxy) is 1. The Bertz CT molecular complexity index is 306. The van der Waals surface area contributed by atoms with Crippen LogP contribution in [0.15, 0.2) is 18.2 Å². The molecule has 0 aliphatic rings. The summed E-state index contributed by atoms with van der Waals surface area (Å²) in [7, 11) is 0. The Morgan fingerprint density at radius 3 is 2.23 bits per heavy atom. The molecule has 0 saturated carbocycles. The Balaban J connectivity index is 2.96. The van der Waals surface area contributed by atoms with E-state index in [1.54, 1.807) is 0 Å². The van der Waals surface area contributed by atoms with Crippen molar-refractivity contribution in [3.05, 3.63) is 29.8 Å². The van der Waals surface area contributed by atoms with E-state index in [2.05, 4.69) is 4.74 Å². The minimum atomic E-state index is -5.02. The highest BCUT2D eigenvalue weighted by molar-refractivity contribution is 5.25. The summed E-state index contributed by atoms with van der Waals surface area (Å²) in [5, 5.41) is 0. The van der Waals surface area contributed by atoms with Crippen LogP contribution in [0.5, 0.6) is 5.75 Å². The van der Waals surface area contributed by atoms with Crippen molar-refractivity contribution < 1.29 is 26.7 Å². The molecule has 1 aromatic carbocycles. The zero-order valence-electron chi connectivity index (χ0n) is 6.03. The Morgan fingerprint density at radius 1 is 1.08 bits per heavy atom. The van der Waals surface area contributed by atoms with Gasteiger partial charge in [-0.3, -0.25) is 0 Å². The summed E-state index contributed by atoms with van der Waals surface area (Å²) >= 11 is 0.